The van der Waals surface area contributed by atoms with Crippen molar-refractivity contribution >= 4 is 72.7 Å². The molecule has 0 fully saturated rings. The summed E-state index contributed by atoms with van der Waals surface area (Å²) in [5.41, 5.74) is 0. The third kappa shape index (κ3) is 15.9. The maximum absolute atomic E-state index is 4.69. The van der Waals surface area contributed by atoms with Gasteiger partial charge in [-0.2, -0.15) is 0 Å². The van der Waals surface area contributed by atoms with Gasteiger partial charge in [0.1, 0.15) is 0 Å². The monoisotopic (exact) mass is 488 g/mol. The number of hydrogen-bond acceptors (Lipinski definition) is 6. The van der Waals surface area contributed by atoms with Gasteiger partial charge >= 0.3 is 159 Å². The molecule has 0 aromatic heterocycles. The molecule has 0 unspecified atom stereocenters. The summed E-state index contributed by atoms with van der Waals surface area (Å²) in [4.78, 5) is 0. The van der Waals surface area contributed by atoms with Crippen molar-refractivity contribution in [2.45, 2.75) is 64.7 Å². The van der Waals surface area contributed by atoms with Gasteiger partial charge in [-0.15, -0.1) is 0 Å². The van der Waals surface area contributed by atoms with Crippen LogP contribution in [0.2, 0.25) is 64.7 Å². The zero-order valence-corrected chi connectivity index (χ0v) is 23.5. The van der Waals surface area contributed by atoms with Crippen LogP contribution in [0.5, 0.6) is 0 Å². The molecule has 0 rings (SSSR count). The first kappa shape index (κ1) is 23.7. The van der Waals surface area contributed by atoms with Crippen molar-refractivity contribution in [2.75, 3.05) is 0 Å². The van der Waals surface area contributed by atoms with Crippen LogP contribution in [0.1, 0.15) is 0 Å². The van der Waals surface area contributed by atoms with Crippen LogP contribution in [0.25, 0.3) is 0 Å². The van der Waals surface area contributed by atoms with Gasteiger partial charge in [0, 0.05) is 0 Å². The molecular formula is C10H30GeN6S3Si3. The Morgan fingerprint density at radius 2 is 0.739 bits per heavy atom. The molecule has 0 saturated carbocycles. The number of rotatable bonds is 6. The fourth-order valence-corrected chi connectivity index (χ4v) is 12.1. The van der Waals surface area contributed by atoms with Crippen molar-refractivity contribution in [2.24, 2.45) is 22.0 Å². The normalized spacial score (nSPS) is 14.9. The standard InChI is InChI=1S/C10H30GeN6S3Si3/c1-11(12-18-15-21(2,3)4,13-19-16-22(5,6)7)14-20-17-23(8,9)10/h1-10H3. The topological polar surface area (TPSA) is 74.2 Å². The molecule has 0 heterocycles. The summed E-state index contributed by atoms with van der Waals surface area (Å²) in [6.07, 6.45) is 0. The molecule has 13 heteroatoms. The van der Waals surface area contributed by atoms with E-state index in [1.54, 1.807) is 0 Å². The molecule has 0 atom stereocenters. The van der Waals surface area contributed by atoms with E-state index in [4.69, 9.17) is 0 Å². The van der Waals surface area contributed by atoms with Crippen molar-refractivity contribution in [3.63, 3.8) is 0 Å². The Hall–Kier alpha value is 0.654. The summed E-state index contributed by atoms with van der Waals surface area (Å²) >= 11 is 0.848. The second-order valence-electron chi connectivity index (χ2n) is 8.28. The molecule has 6 nitrogen and oxygen atoms in total. The molecule has 0 N–H and O–H groups in total. The molecule has 0 saturated heterocycles. The van der Waals surface area contributed by atoms with Crippen molar-refractivity contribution in [3.8, 4) is 0 Å². The van der Waals surface area contributed by atoms with E-state index < -0.39 is 38.6 Å². The van der Waals surface area contributed by atoms with E-state index in [-0.39, 0.29) is 0 Å². The second kappa shape index (κ2) is 9.38. The van der Waals surface area contributed by atoms with Crippen LogP contribution in [0.3, 0.4) is 0 Å². The average Bonchev–Trinajstić information content (AvgIpc) is 2.22. The Bertz CT molecular complexity index is 517. The van der Waals surface area contributed by atoms with Crippen LogP contribution in [0, 0.1) is 0 Å². The van der Waals surface area contributed by atoms with Crippen LogP contribution >= 0.6 is 0 Å². The Labute approximate surface area is 158 Å². The number of hydrogen-bond donors (Lipinski definition) is 0. The fraction of sp³-hybridized carbons (Fsp3) is 1.00. The molecule has 0 aliphatic rings. The van der Waals surface area contributed by atoms with E-state index in [0.29, 0.717) is 0 Å². The predicted molar refractivity (Wildman–Crippen MR) is 118 cm³/mol. The van der Waals surface area contributed by atoms with Crippen molar-refractivity contribution in [1.82, 2.24) is 0 Å². The van der Waals surface area contributed by atoms with Crippen LogP contribution in [-0.4, -0.2) is 38.6 Å². The minimum absolute atomic E-state index is 1.30. The van der Waals surface area contributed by atoms with Gasteiger partial charge < -0.3 is 0 Å². The Morgan fingerprint density at radius 3 is 0.913 bits per heavy atom. The summed E-state index contributed by atoms with van der Waals surface area (Å²) in [6.45, 7) is 19.7. The van der Waals surface area contributed by atoms with Gasteiger partial charge in [-0.1, -0.05) is 0 Å². The minimum atomic E-state index is -3.06. The molecule has 0 aromatic rings. The zero-order valence-electron chi connectivity index (χ0n) is 15.9. The summed E-state index contributed by atoms with van der Waals surface area (Å²) in [5, 5.41) is 0. The van der Waals surface area contributed by atoms with E-state index in [1.165, 1.54) is 34.1 Å². The SMILES string of the molecule is C[Si](C)(C)N=S=[N][Ge]([CH3])([N]=S=N[Si](C)(C)C)[N]=S=N[Si](C)(C)C. The van der Waals surface area contributed by atoms with Gasteiger partial charge in [-0.05, 0) is 0 Å². The summed E-state index contributed by atoms with van der Waals surface area (Å²) in [5.74, 6) is 2.06. The third-order valence-corrected chi connectivity index (χ3v) is 18.5. The molecular weight excluding hydrogens is 457 g/mol. The Morgan fingerprint density at radius 1 is 0.522 bits per heavy atom. The van der Waals surface area contributed by atoms with Crippen molar-refractivity contribution in [1.29, 1.82) is 0 Å². The molecule has 0 aromatic carbocycles. The van der Waals surface area contributed by atoms with E-state index in [9.17, 15) is 0 Å². The van der Waals surface area contributed by atoms with Crippen LogP contribution in [0.4, 0.5) is 0 Å². The first-order chi connectivity index (χ1) is 10.1. The summed E-state index contributed by atoms with van der Waals surface area (Å²) in [6, 6.07) is 0. The first-order valence-electron chi connectivity index (χ1n) is 7.44. The van der Waals surface area contributed by atoms with Crippen molar-refractivity contribution in [3.05, 3.63) is 0 Å². The quantitative estimate of drug-likeness (QED) is 0.450. The molecule has 0 radical (unpaired) electrons. The first-order valence-corrected chi connectivity index (χ1v) is 24.9. The molecule has 134 valence electrons. The third-order valence-electron chi connectivity index (χ3n) is 1.59. The maximum atomic E-state index is 4.69. The van der Waals surface area contributed by atoms with Gasteiger partial charge in [0.15, 0.2) is 0 Å². The fourth-order valence-electron chi connectivity index (χ4n) is 0.711. The summed E-state index contributed by atoms with van der Waals surface area (Å²) < 4.78 is 27.9. The van der Waals surface area contributed by atoms with E-state index in [1.807, 2.05) is 0 Å². The Kier molecular flexibility index (Phi) is 9.64. The zero-order chi connectivity index (χ0) is 18.4. The van der Waals surface area contributed by atoms with E-state index in [2.05, 4.69) is 86.7 Å². The van der Waals surface area contributed by atoms with Crippen molar-refractivity contribution < 1.29 is 0 Å². The average molecular weight is 487 g/mol. The van der Waals surface area contributed by atoms with Gasteiger partial charge in [0.2, 0.25) is 0 Å². The Balaban J connectivity index is 5.76. The second-order valence-corrected chi connectivity index (χ2v) is 32.1. The predicted octanol–water partition coefficient (Wildman–Crippen LogP) is 5.41. The molecule has 0 aliphatic heterocycles. The van der Waals surface area contributed by atoms with Crippen LogP contribution in [-0.2, 0) is 34.1 Å². The van der Waals surface area contributed by atoms with Crippen LogP contribution < -0.4 is 0 Å². The van der Waals surface area contributed by atoms with E-state index in [0.717, 1.165) is 0 Å². The molecule has 0 amide bonds. The molecule has 0 aliphatic carbocycles. The molecule has 0 spiro atoms. The van der Waals surface area contributed by atoms with Gasteiger partial charge in [0.25, 0.3) is 0 Å². The van der Waals surface area contributed by atoms with Gasteiger partial charge in [-0.3, -0.25) is 0 Å². The van der Waals surface area contributed by atoms with Gasteiger partial charge in [0.05, 0.1) is 0 Å². The van der Waals surface area contributed by atoms with Gasteiger partial charge in [-0.25, -0.2) is 0 Å². The number of nitrogens with zero attached hydrogens (tertiary/aromatic N) is 6. The van der Waals surface area contributed by atoms with Crippen LogP contribution in [0.15, 0.2) is 22.0 Å². The van der Waals surface area contributed by atoms with E-state index >= 15 is 0 Å². The molecule has 0 bridgehead atoms. The molecule has 23 heavy (non-hydrogen) atoms. The summed E-state index contributed by atoms with van der Waals surface area (Å²) in [7, 11) is -4.46.